The molecule has 0 saturated carbocycles. The Morgan fingerprint density at radius 3 is 3.00 bits per heavy atom. The Hall–Kier alpha value is -3.01. The van der Waals surface area contributed by atoms with Crippen LogP contribution in [-0.4, -0.2) is 70.8 Å². The third-order valence-corrected chi connectivity index (χ3v) is 5.87. The van der Waals surface area contributed by atoms with E-state index in [4.69, 9.17) is 13.9 Å². The van der Waals surface area contributed by atoms with Crippen molar-refractivity contribution >= 4 is 23.0 Å². The molecule has 0 unspecified atom stereocenters. The third-order valence-electron chi connectivity index (χ3n) is 5.87. The lowest BCUT2D eigenvalue weighted by atomic mass is 9.98. The maximum Gasteiger partial charge on any atom is 0.324 e. The molecule has 2 aliphatic heterocycles. The summed E-state index contributed by atoms with van der Waals surface area (Å²) in [5.41, 5.74) is 4.76. The summed E-state index contributed by atoms with van der Waals surface area (Å²) in [6.45, 7) is 3.29. The van der Waals surface area contributed by atoms with E-state index in [1.165, 1.54) is 0 Å². The number of ether oxygens (including phenoxy) is 2. The molecule has 0 aliphatic carbocycles. The molecule has 0 spiro atoms. The fourth-order valence-electron chi connectivity index (χ4n) is 4.40. The molecular weight excluding hydrogens is 412 g/mol. The molecule has 2 N–H and O–H groups in total. The first-order chi connectivity index (χ1) is 15.7. The van der Waals surface area contributed by atoms with Crippen LogP contribution in [-0.2, 0) is 17.8 Å². The Labute approximate surface area is 185 Å². The van der Waals surface area contributed by atoms with E-state index in [1.807, 2.05) is 12.1 Å². The lowest BCUT2D eigenvalue weighted by Crippen LogP contribution is -2.37. The van der Waals surface area contributed by atoms with E-state index in [-0.39, 0.29) is 18.4 Å². The normalized spacial score (nSPS) is 17.8. The summed E-state index contributed by atoms with van der Waals surface area (Å²) in [6, 6.07) is 5.79. The molecule has 4 heterocycles. The van der Waals surface area contributed by atoms with Crippen LogP contribution in [0.1, 0.15) is 24.0 Å². The largest absolute Gasteiger partial charge is 0.507 e. The zero-order chi connectivity index (χ0) is 22.1. The fourth-order valence-corrected chi connectivity index (χ4v) is 4.40. The predicted molar refractivity (Wildman–Crippen MR) is 119 cm³/mol. The highest BCUT2D eigenvalue weighted by Gasteiger charge is 2.24. The number of hydrogen-bond donors (Lipinski definition) is 2. The van der Waals surface area contributed by atoms with Gasteiger partial charge < -0.3 is 24.1 Å². The van der Waals surface area contributed by atoms with Crippen LogP contribution < -0.4 is 4.74 Å². The van der Waals surface area contributed by atoms with Gasteiger partial charge in [-0.15, -0.1) is 0 Å². The van der Waals surface area contributed by atoms with Crippen molar-refractivity contribution in [2.24, 2.45) is 4.99 Å². The average molecular weight is 438 g/mol. The molecule has 9 nitrogen and oxygen atoms in total. The molecule has 1 fully saturated rings. The molecule has 0 radical (unpaired) electrons. The predicted octanol–water partition coefficient (Wildman–Crippen LogP) is 2.84. The topological polar surface area (TPSA) is 113 Å². The highest BCUT2D eigenvalue weighted by atomic mass is 16.5. The summed E-state index contributed by atoms with van der Waals surface area (Å²) >= 11 is 0. The van der Waals surface area contributed by atoms with Crippen LogP contribution >= 0.6 is 0 Å². The maximum absolute atomic E-state index is 11.0. The molecule has 9 heteroatoms. The number of aromatic hydroxyl groups is 1. The number of likely N-dealkylation sites (tertiary alicyclic amines) is 1. The van der Waals surface area contributed by atoms with Crippen LogP contribution in [0.3, 0.4) is 0 Å². The van der Waals surface area contributed by atoms with Gasteiger partial charge in [0.25, 0.3) is 0 Å². The average Bonchev–Trinajstić information content (AvgIpc) is 3.41. The maximum atomic E-state index is 11.0. The number of aliphatic hydroxyl groups excluding tert-OH is 1. The number of piperidine rings is 1. The second kappa shape index (κ2) is 8.85. The van der Waals surface area contributed by atoms with Crippen LogP contribution in [0.4, 0.5) is 6.01 Å². The molecule has 2 aliphatic rings. The van der Waals surface area contributed by atoms with Gasteiger partial charge in [-0.25, -0.2) is 9.98 Å². The van der Waals surface area contributed by atoms with Crippen molar-refractivity contribution < 1.29 is 24.1 Å². The second-order valence-electron chi connectivity index (χ2n) is 8.06. The summed E-state index contributed by atoms with van der Waals surface area (Å²) in [5.74, 6) is 0.871. The van der Waals surface area contributed by atoms with Gasteiger partial charge in [-0.05, 0) is 43.1 Å². The number of nitrogens with zero attached hydrogens (tertiary/aromatic N) is 4. The minimum absolute atomic E-state index is 0.135. The van der Waals surface area contributed by atoms with Crippen LogP contribution in [0, 0.1) is 0 Å². The van der Waals surface area contributed by atoms with Crippen molar-refractivity contribution in [1.29, 1.82) is 0 Å². The van der Waals surface area contributed by atoms with Crippen LogP contribution in [0.5, 0.6) is 11.5 Å². The molecule has 2 aromatic heterocycles. The molecule has 1 saturated heterocycles. The van der Waals surface area contributed by atoms with Gasteiger partial charge in [0.15, 0.2) is 5.58 Å². The van der Waals surface area contributed by atoms with E-state index in [1.54, 1.807) is 13.2 Å². The number of rotatable bonds is 6. The van der Waals surface area contributed by atoms with Crippen LogP contribution in [0.2, 0.25) is 0 Å². The molecular formula is C23H26N4O5. The minimum Gasteiger partial charge on any atom is -0.507 e. The Morgan fingerprint density at radius 1 is 1.25 bits per heavy atom. The quantitative estimate of drug-likeness (QED) is 0.604. The van der Waals surface area contributed by atoms with E-state index >= 15 is 0 Å². The number of β-amino-alcohol motifs (C(OH)–C–C–N with tert-alkyl or cyclic N) is 1. The number of hydrogen-bond acceptors (Lipinski definition) is 9. The van der Waals surface area contributed by atoms with Gasteiger partial charge in [0.1, 0.15) is 11.5 Å². The monoisotopic (exact) mass is 438 g/mol. The SMILES string of the molecule is COCc1cc2c(c(O)c1-c1ccc3oc(/N=C4\CCCN(CCO)C4)nc3n1)CCO2. The van der Waals surface area contributed by atoms with Crippen LogP contribution in [0.15, 0.2) is 27.6 Å². The fraction of sp³-hybridized carbons (Fsp3) is 0.435. The molecule has 0 bridgehead atoms. The van der Waals surface area contributed by atoms with Crippen molar-refractivity contribution in [3.05, 3.63) is 29.3 Å². The Kier molecular flexibility index (Phi) is 5.77. The van der Waals surface area contributed by atoms with E-state index in [0.29, 0.717) is 61.0 Å². The number of aliphatic hydroxyl groups is 1. The van der Waals surface area contributed by atoms with E-state index in [0.717, 1.165) is 36.2 Å². The van der Waals surface area contributed by atoms with E-state index < -0.39 is 0 Å². The molecule has 3 aromatic rings. The van der Waals surface area contributed by atoms with Crippen molar-refractivity contribution in [2.45, 2.75) is 25.9 Å². The molecule has 5 rings (SSSR count). The number of aliphatic imine (C=N–C) groups is 1. The lowest BCUT2D eigenvalue weighted by molar-refractivity contribution is 0.184. The minimum atomic E-state index is 0.135. The Balaban J connectivity index is 1.50. The zero-order valence-electron chi connectivity index (χ0n) is 18.0. The number of methoxy groups -OCH3 is 1. The zero-order valence-corrected chi connectivity index (χ0v) is 18.0. The number of aromatic nitrogens is 2. The standard InChI is InChI=1S/C23H26N4O5/c1-30-13-14-11-19-16(6-10-31-19)21(29)20(14)17-4-5-18-22(25-17)26-23(32-18)24-15-3-2-7-27(12-15)8-9-28/h4-5,11,28-29H,2-3,6-10,12-13H2,1H3/b24-15+. The molecule has 168 valence electrons. The van der Waals surface area contributed by atoms with Gasteiger partial charge >= 0.3 is 6.01 Å². The van der Waals surface area contributed by atoms with Crippen molar-refractivity contribution in [1.82, 2.24) is 14.9 Å². The third kappa shape index (κ3) is 3.94. The molecule has 1 aromatic carbocycles. The number of pyridine rings is 1. The van der Waals surface area contributed by atoms with E-state index in [2.05, 4.69) is 19.9 Å². The molecule has 32 heavy (non-hydrogen) atoms. The summed E-state index contributed by atoms with van der Waals surface area (Å²) in [5, 5.41) is 20.1. The smallest absolute Gasteiger partial charge is 0.324 e. The number of oxazole rings is 1. The summed E-state index contributed by atoms with van der Waals surface area (Å²) in [4.78, 5) is 15.9. The highest BCUT2D eigenvalue weighted by Crippen LogP contribution is 2.43. The molecule has 0 atom stereocenters. The molecule has 0 amide bonds. The summed E-state index contributed by atoms with van der Waals surface area (Å²) in [6.07, 6.45) is 2.53. The van der Waals surface area contributed by atoms with Gasteiger partial charge in [-0.1, -0.05) is 0 Å². The number of phenols is 1. The summed E-state index contributed by atoms with van der Waals surface area (Å²) < 4.78 is 16.8. The number of benzene rings is 1. The van der Waals surface area contributed by atoms with E-state index in [9.17, 15) is 10.2 Å². The second-order valence-corrected chi connectivity index (χ2v) is 8.06. The highest BCUT2D eigenvalue weighted by molar-refractivity contribution is 5.89. The van der Waals surface area contributed by atoms with Crippen molar-refractivity contribution in [3.63, 3.8) is 0 Å². The Bertz CT molecular complexity index is 1170. The van der Waals surface area contributed by atoms with Crippen molar-refractivity contribution in [2.75, 3.05) is 40.0 Å². The first kappa shape index (κ1) is 20.9. The van der Waals surface area contributed by atoms with Gasteiger partial charge in [-0.2, -0.15) is 4.98 Å². The van der Waals surface area contributed by atoms with Crippen molar-refractivity contribution in [3.8, 4) is 22.8 Å². The van der Waals surface area contributed by atoms with Crippen LogP contribution in [0.25, 0.3) is 22.5 Å². The van der Waals surface area contributed by atoms with Gasteiger partial charge in [-0.3, -0.25) is 4.90 Å². The number of phenolic OH excluding ortho intramolecular Hbond substituents is 1. The van der Waals surface area contributed by atoms with Gasteiger partial charge in [0.2, 0.25) is 5.65 Å². The Morgan fingerprint density at radius 2 is 2.16 bits per heavy atom. The lowest BCUT2D eigenvalue weighted by Gasteiger charge is -2.26. The number of fused-ring (bicyclic) bond motifs is 2. The van der Waals surface area contributed by atoms with Gasteiger partial charge in [0, 0.05) is 43.5 Å². The first-order valence-corrected chi connectivity index (χ1v) is 10.8. The summed E-state index contributed by atoms with van der Waals surface area (Å²) in [7, 11) is 1.61. The first-order valence-electron chi connectivity index (χ1n) is 10.8. The van der Waals surface area contributed by atoms with Gasteiger partial charge in [0.05, 0.1) is 25.5 Å².